The van der Waals surface area contributed by atoms with Gasteiger partial charge in [-0.05, 0) is 104 Å². The van der Waals surface area contributed by atoms with Crippen LogP contribution in [0.5, 0.6) is 0 Å². The summed E-state index contributed by atoms with van der Waals surface area (Å²) >= 11 is 0. The van der Waals surface area contributed by atoms with Crippen LogP contribution in [0.4, 0.5) is 0 Å². The molecule has 4 rings (SSSR count). The second kappa shape index (κ2) is 11.8. The third-order valence-corrected chi connectivity index (χ3v) is 11.6. The zero-order chi connectivity index (χ0) is 26.8. The van der Waals surface area contributed by atoms with Crippen molar-refractivity contribution in [1.29, 1.82) is 0 Å². The molecule has 0 aromatic carbocycles. The lowest BCUT2D eigenvalue weighted by Crippen LogP contribution is -2.51. The van der Waals surface area contributed by atoms with E-state index in [1.54, 1.807) is 5.57 Å². The summed E-state index contributed by atoms with van der Waals surface area (Å²) in [6.07, 6.45) is 18.2. The number of hydrogen-bond acceptors (Lipinski definition) is 3. The summed E-state index contributed by atoms with van der Waals surface area (Å²) in [6, 6.07) is 0. The Kier molecular flexibility index (Phi) is 9.17. The quantitative estimate of drug-likeness (QED) is 0.170. The van der Waals surface area contributed by atoms with Gasteiger partial charge in [-0.2, -0.15) is 0 Å². The number of esters is 1. The highest BCUT2D eigenvalue weighted by molar-refractivity contribution is 5.70. The topological polar surface area (TPSA) is 63.6 Å². The van der Waals surface area contributed by atoms with Gasteiger partial charge in [0.05, 0.1) is 0 Å². The molecule has 4 aliphatic carbocycles. The average molecular weight is 515 g/mol. The minimum Gasteiger partial charge on any atom is -0.481 e. The molecular weight excluding hydrogens is 460 g/mol. The van der Waals surface area contributed by atoms with Crippen molar-refractivity contribution in [3.63, 3.8) is 0 Å². The molecule has 0 amide bonds. The number of carbonyl (C=O) groups is 2. The van der Waals surface area contributed by atoms with Crippen molar-refractivity contribution in [1.82, 2.24) is 0 Å². The molecule has 210 valence electrons. The second-order valence-electron chi connectivity index (χ2n) is 14.2. The summed E-state index contributed by atoms with van der Waals surface area (Å²) in [4.78, 5) is 23.1. The number of aliphatic carboxylic acids is 1. The lowest BCUT2D eigenvalue weighted by Gasteiger charge is -2.58. The van der Waals surface area contributed by atoms with Gasteiger partial charge in [0, 0.05) is 19.3 Å². The minimum absolute atomic E-state index is 0.000690. The standard InChI is InChI=1S/C33H54O4/c1-22(2)9-8-10-23(3)27-15-16-28-26-14-13-24-21-25(37-31(36)12-7-6-11-30(34)35)17-19-32(24,4)29(26)18-20-33(27,28)5/h13,22-23,25-29H,6-12,14-21H2,1-5H3,(H,34,35)/t23-,25+,26+,27?,28+,29+,32+,33-/m1/s1. The fourth-order valence-corrected chi connectivity index (χ4v) is 9.54. The Bertz CT molecular complexity index is 845. The first-order chi connectivity index (χ1) is 17.5. The van der Waals surface area contributed by atoms with E-state index in [-0.39, 0.29) is 23.9 Å². The molecule has 3 fully saturated rings. The van der Waals surface area contributed by atoms with Crippen LogP contribution in [0.1, 0.15) is 131 Å². The smallest absolute Gasteiger partial charge is 0.306 e. The Morgan fingerprint density at radius 2 is 1.73 bits per heavy atom. The van der Waals surface area contributed by atoms with Crippen molar-refractivity contribution in [2.45, 2.75) is 137 Å². The maximum Gasteiger partial charge on any atom is 0.306 e. The lowest BCUT2D eigenvalue weighted by atomic mass is 9.47. The maximum atomic E-state index is 12.4. The Balaban J connectivity index is 1.35. The van der Waals surface area contributed by atoms with Gasteiger partial charge in [-0.1, -0.05) is 65.5 Å². The van der Waals surface area contributed by atoms with Crippen molar-refractivity contribution in [3.8, 4) is 0 Å². The van der Waals surface area contributed by atoms with Crippen molar-refractivity contribution < 1.29 is 19.4 Å². The fraction of sp³-hybridized carbons (Fsp3) is 0.879. The van der Waals surface area contributed by atoms with Crippen molar-refractivity contribution in [2.75, 3.05) is 0 Å². The maximum absolute atomic E-state index is 12.4. The second-order valence-corrected chi connectivity index (χ2v) is 14.2. The van der Waals surface area contributed by atoms with E-state index in [0.717, 1.165) is 54.8 Å². The molecule has 4 aliphatic rings. The summed E-state index contributed by atoms with van der Waals surface area (Å²) in [5, 5.41) is 8.78. The van der Waals surface area contributed by atoms with E-state index in [4.69, 9.17) is 9.84 Å². The van der Waals surface area contributed by atoms with Gasteiger partial charge in [-0.3, -0.25) is 9.59 Å². The SMILES string of the molecule is CC(C)CCC[C@@H](C)C1CC[C@H]2[C@@H]3CC=C4C[C@@H](OC(=O)CCCCC(=O)O)CC[C@]4(C)[C@H]3CC[C@]12C. The van der Waals surface area contributed by atoms with Crippen LogP contribution in [-0.4, -0.2) is 23.1 Å². The molecule has 0 radical (unpaired) electrons. The third kappa shape index (κ3) is 6.14. The number of carboxylic acids is 1. The predicted octanol–water partition coefficient (Wildman–Crippen LogP) is 8.58. The number of unbranched alkanes of at least 4 members (excludes halogenated alkanes) is 1. The Hall–Kier alpha value is -1.32. The van der Waals surface area contributed by atoms with E-state index in [9.17, 15) is 9.59 Å². The number of carbonyl (C=O) groups excluding carboxylic acids is 1. The number of hydrogen-bond donors (Lipinski definition) is 1. The summed E-state index contributed by atoms with van der Waals surface area (Å²) in [5.41, 5.74) is 2.35. The molecule has 0 aromatic heterocycles. The molecule has 4 nitrogen and oxygen atoms in total. The van der Waals surface area contributed by atoms with E-state index in [1.807, 2.05) is 0 Å². The Morgan fingerprint density at radius 1 is 0.973 bits per heavy atom. The molecule has 1 N–H and O–H groups in total. The van der Waals surface area contributed by atoms with E-state index in [1.165, 1.54) is 51.4 Å². The molecule has 3 saturated carbocycles. The van der Waals surface area contributed by atoms with E-state index < -0.39 is 5.97 Å². The molecule has 0 aromatic rings. The molecule has 0 aliphatic heterocycles. The number of ether oxygens (including phenoxy) is 1. The summed E-state index contributed by atoms with van der Waals surface area (Å²) in [6.45, 7) is 12.5. The van der Waals surface area contributed by atoms with E-state index in [0.29, 0.717) is 24.7 Å². The average Bonchev–Trinajstić information content (AvgIpc) is 3.19. The van der Waals surface area contributed by atoms with Gasteiger partial charge < -0.3 is 9.84 Å². The first-order valence-corrected chi connectivity index (χ1v) is 15.7. The summed E-state index contributed by atoms with van der Waals surface area (Å²) in [7, 11) is 0. The third-order valence-electron chi connectivity index (χ3n) is 11.6. The van der Waals surface area contributed by atoms with Crippen molar-refractivity contribution in [3.05, 3.63) is 11.6 Å². The number of allylic oxidation sites excluding steroid dienone is 1. The van der Waals surface area contributed by atoms with Gasteiger partial charge in [0.2, 0.25) is 0 Å². The van der Waals surface area contributed by atoms with Gasteiger partial charge in [0.15, 0.2) is 0 Å². The molecule has 8 atom stereocenters. The van der Waals surface area contributed by atoms with E-state index >= 15 is 0 Å². The van der Waals surface area contributed by atoms with Crippen LogP contribution in [0.2, 0.25) is 0 Å². The highest BCUT2D eigenvalue weighted by atomic mass is 16.5. The van der Waals surface area contributed by atoms with Crippen molar-refractivity contribution >= 4 is 11.9 Å². The van der Waals surface area contributed by atoms with Crippen molar-refractivity contribution in [2.24, 2.45) is 46.3 Å². The van der Waals surface area contributed by atoms with Crippen LogP contribution in [0.15, 0.2) is 11.6 Å². The van der Waals surface area contributed by atoms with E-state index in [2.05, 4.69) is 40.7 Å². The highest BCUT2D eigenvalue weighted by Crippen LogP contribution is 2.67. The predicted molar refractivity (Wildman–Crippen MR) is 149 cm³/mol. The fourth-order valence-electron chi connectivity index (χ4n) is 9.54. The van der Waals surface area contributed by atoms with Crippen LogP contribution >= 0.6 is 0 Å². The van der Waals surface area contributed by atoms with Gasteiger partial charge in [0.1, 0.15) is 6.10 Å². The zero-order valence-corrected chi connectivity index (χ0v) is 24.4. The molecule has 1 unspecified atom stereocenters. The molecule has 0 bridgehead atoms. The highest BCUT2D eigenvalue weighted by Gasteiger charge is 2.59. The molecule has 0 heterocycles. The monoisotopic (exact) mass is 514 g/mol. The van der Waals surface area contributed by atoms with Gasteiger partial charge in [0.25, 0.3) is 0 Å². The number of carboxylic acid groups (broad SMARTS) is 1. The van der Waals surface area contributed by atoms with Crippen LogP contribution in [0, 0.1) is 46.3 Å². The Labute approximate surface area is 226 Å². The normalized spacial score (nSPS) is 37.8. The Morgan fingerprint density at radius 3 is 2.46 bits per heavy atom. The minimum atomic E-state index is -0.797. The lowest BCUT2D eigenvalue weighted by molar-refractivity contribution is -0.152. The first-order valence-electron chi connectivity index (χ1n) is 15.7. The molecule has 0 saturated heterocycles. The summed E-state index contributed by atoms with van der Waals surface area (Å²) in [5.74, 6) is 4.11. The van der Waals surface area contributed by atoms with Gasteiger partial charge in [-0.15, -0.1) is 0 Å². The first kappa shape index (κ1) is 28.7. The molecule has 37 heavy (non-hydrogen) atoms. The van der Waals surface area contributed by atoms with Crippen LogP contribution in [0.25, 0.3) is 0 Å². The van der Waals surface area contributed by atoms with Gasteiger partial charge >= 0.3 is 11.9 Å². The summed E-state index contributed by atoms with van der Waals surface area (Å²) < 4.78 is 5.87. The number of rotatable bonds is 11. The molecule has 4 heteroatoms. The van der Waals surface area contributed by atoms with Crippen LogP contribution in [-0.2, 0) is 14.3 Å². The zero-order valence-electron chi connectivity index (χ0n) is 24.4. The van der Waals surface area contributed by atoms with Crippen LogP contribution in [0.3, 0.4) is 0 Å². The number of fused-ring (bicyclic) bond motifs is 5. The van der Waals surface area contributed by atoms with Gasteiger partial charge in [-0.25, -0.2) is 0 Å². The van der Waals surface area contributed by atoms with Crippen LogP contribution < -0.4 is 0 Å². The molecular formula is C33H54O4. The molecule has 0 spiro atoms. The largest absolute Gasteiger partial charge is 0.481 e.